The minimum Gasteiger partial charge on any atom is -0.298 e. The van der Waals surface area contributed by atoms with Gasteiger partial charge in [-0.3, -0.25) is 9.78 Å². The molecule has 1 aromatic heterocycles. The summed E-state index contributed by atoms with van der Waals surface area (Å²) in [5.74, 6) is 0. The summed E-state index contributed by atoms with van der Waals surface area (Å²) in [6.07, 6.45) is 2.42. The van der Waals surface area contributed by atoms with Crippen LogP contribution in [0.3, 0.4) is 0 Å². The fourth-order valence-electron chi connectivity index (χ4n) is 1.48. The van der Waals surface area contributed by atoms with Crippen molar-refractivity contribution < 1.29 is 4.79 Å². The predicted octanol–water partition coefficient (Wildman–Crippen LogP) is 2.66. The molecule has 0 radical (unpaired) electrons. The summed E-state index contributed by atoms with van der Waals surface area (Å²) in [6.45, 7) is 4.12. The molecule has 14 heavy (non-hydrogen) atoms. The lowest BCUT2D eigenvalue weighted by Crippen LogP contribution is -1.87. The first kappa shape index (κ1) is 8.88. The number of aryl methyl sites for hydroxylation is 2. The maximum atomic E-state index is 10.6. The molecule has 2 heteroatoms. The van der Waals surface area contributed by atoms with Crippen LogP contribution in [0.1, 0.15) is 21.5 Å². The highest BCUT2D eigenvalue weighted by Gasteiger charge is 1.99. The molecule has 0 amide bonds. The number of aldehydes is 1. The fraction of sp³-hybridized carbons (Fsp3) is 0.167. The Hall–Kier alpha value is -1.70. The Morgan fingerprint density at radius 2 is 1.86 bits per heavy atom. The van der Waals surface area contributed by atoms with Gasteiger partial charge in [-0.15, -0.1) is 0 Å². The molecule has 2 rings (SSSR count). The van der Waals surface area contributed by atoms with Crippen LogP contribution in [0.25, 0.3) is 10.9 Å². The van der Waals surface area contributed by atoms with Crippen molar-refractivity contribution in [2.45, 2.75) is 13.8 Å². The number of pyridine rings is 1. The SMILES string of the molecule is Cc1cc2cc(C=O)cnc2cc1C. The van der Waals surface area contributed by atoms with E-state index in [2.05, 4.69) is 24.9 Å². The summed E-state index contributed by atoms with van der Waals surface area (Å²) in [7, 11) is 0. The van der Waals surface area contributed by atoms with Crippen molar-refractivity contribution in [2.24, 2.45) is 0 Å². The number of fused-ring (bicyclic) bond motifs is 1. The molecule has 0 unspecified atom stereocenters. The van der Waals surface area contributed by atoms with Gasteiger partial charge in [-0.1, -0.05) is 0 Å². The average Bonchev–Trinajstić information content (AvgIpc) is 2.19. The lowest BCUT2D eigenvalue weighted by molar-refractivity contribution is 0.112. The average molecular weight is 185 g/mol. The second-order valence-corrected chi connectivity index (χ2v) is 3.52. The molecule has 2 nitrogen and oxygen atoms in total. The van der Waals surface area contributed by atoms with Crippen LogP contribution in [-0.4, -0.2) is 11.3 Å². The molecule has 1 heterocycles. The lowest BCUT2D eigenvalue weighted by atomic mass is 10.1. The van der Waals surface area contributed by atoms with Crippen molar-refractivity contribution >= 4 is 17.2 Å². The van der Waals surface area contributed by atoms with E-state index in [0.717, 1.165) is 17.2 Å². The van der Waals surface area contributed by atoms with E-state index >= 15 is 0 Å². The number of carbonyl (C=O) groups excluding carboxylic acids is 1. The molecule has 0 spiro atoms. The molecule has 0 atom stereocenters. The molecule has 0 fully saturated rings. The van der Waals surface area contributed by atoms with E-state index in [1.54, 1.807) is 6.20 Å². The molecular formula is C12H11NO. The number of nitrogens with zero attached hydrogens (tertiary/aromatic N) is 1. The molecule has 0 saturated carbocycles. The van der Waals surface area contributed by atoms with Gasteiger partial charge < -0.3 is 0 Å². The Balaban J connectivity index is 2.76. The van der Waals surface area contributed by atoms with Crippen LogP contribution in [0.2, 0.25) is 0 Å². The number of benzene rings is 1. The first-order valence-corrected chi connectivity index (χ1v) is 4.53. The third kappa shape index (κ3) is 1.39. The van der Waals surface area contributed by atoms with Gasteiger partial charge in [0, 0.05) is 17.1 Å². The topological polar surface area (TPSA) is 30.0 Å². The Morgan fingerprint density at radius 1 is 1.14 bits per heavy atom. The Labute approximate surface area is 82.6 Å². The standard InChI is InChI=1S/C12H11NO/c1-8-3-11-5-10(7-14)6-13-12(11)4-9(8)2/h3-7H,1-2H3. The maximum Gasteiger partial charge on any atom is 0.151 e. The van der Waals surface area contributed by atoms with Gasteiger partial charge >= 0.3 is 0 Å². The highest BCUT2D eigenvalue weighted by molar-refractivity contribution is 5.86. The van der Waals surface area contributed by atoms with Crippen molar-refractivity contribution in [1.82, 2.24) is 4.98 Å². The molecule has 0 aliphatic heterocycles. The lowest BCUT2D eigenvalue weighted by Gasteiger charge is -2.03. The highest BCUT2D eigenvalue weighted by Crippen LogP contribution is 2.17. The fourth-order valence-corrected chi connectivity index (χ4v) is 1.48. The van der Waals surface area contributed by atoms with Gasteiger partial charge in [-0.05, 0) is 43.2 Å². The van der Waals surface area contributed by atoms with Gasteiger partial charge in [0.25, 0.3) is 0 Å². The summed E-state index contributed by atoms with van der Waals surface area (Å²) in [5.41, 5.74) is 4.02. The molecule has 0 aliphatic carbocycles. The van der Waals surface area contributed by atoms with E-state index in [1.807, 2.05) is 12.1 Å². The maximum absolute atomic E-state index is 10.6. The molecule has 0 saturated heterocycles. The van der Waals surface area contributed by atoms with Crippen LogP contribution < -0.4 is 0 Å². The second kappa shape index (κ2) is 3.22. The summed E-state index contributed by atoms with van der Waals surface area (Å²) >= 11 is 0. The van der Waals surface area contributed by atoms with Gasteiger partial charge in [0.1, 0.15) is 0 Å². The minimum atomic E-state index is 0.626. The zero-order valence-electron chi connectivity index (χ0n) is 8.24. The second-order valence-electron chi connectivity index (χ2n) is 3.52. The van der Waals surface area contributed by atoms with Crippen LogP contribution in [0.4, 0.5) is 0 Å². The van der Waals surface area contributed by atoms with Gasteiger partial charge in [0.05, 0.1) is 5.52 Å². The minimum absolute atomic E-state index is 0.626. The van der Waals surface area contributed by atoms with Gasteiger partial charge in [0.15, 0.2) is 6.29 Å². The Morgan fingerprint density at radius 3 is 2.57 bits per heavy atom. The summed E-state index contributed by atoms with van der Waals surface area (Å²) in [5, 5.41) is 1.03. The Kier molecular flexibility index (Phi) is 2.04. The largest absolute Gasteiger partial charge is 0.298 e. The normalized spacial score (nSPS) is 10.4. The molecule has 2 aromatic rings. The number of hydrogen-bond acceptors (Lipinski definition) is 2. The first-order chi connectivity index (χ1) is 6.70. The molecular weight excluding hydrogens is 174 g/mol. The summed E-state index contributed by atoms with van der Waals surface area (Å²) < 4.78 is 0. The van der Waals surface area contributed by atoms with E-state index in [1.165, 1.54) is 11.1 Å². The number of rotatable bonds is 1. The van der Waals surface area contributed by atoms with E-state index in [4.69, 9.17) is 0 Å². The van der Waals surface area contributed by atoms with Crippen molar-refractivity contribution in [3.05, 3.63) is 41.1 Å². The highest BCUT2D eigenvalue weighted by atomic mass is 16.1. The summed E-state index contributed by atoms with van der Waals surface area (Å²) in [6, 6.07) is 5.96. The van der Waals surface area contributed by atoms with Crippen LogP contribution in [0.5, 0.6) is 0 Å². The van der Waals surface area contributed by atoms with Crippen LogP contribution >= 0.6 is 0 Å². The molecule has 1 aromatic carbocycles. The number of hydrogen-bond donors (Lipinski definition) is 0. The number of carbonyl (C=O) groups is 1. The first-order valence-electron chi connectivity index (χ1n) is 4.53. The predicted molar refractivity (Wildman–Crippen MR) is 56.6 cm³/mol. The quantitative estimate of drug-likeness (QED) is 0.639. The van der Waals surface area contributed by atoms with Crippen LogP contribution in [-0.2, 0) is 0 Å². The molecule has 70 valence electrons. The van der Waals surface area contributed by atoms with E-state index in [0.29, 0.717) is 5.56 Å². The molecule has 0 N–H and O–H groups in total. The van der Waals surface area contributed by atoms with Gasteiger partial charge in [-0.2, -0.15) is 0 Å². The van der Waals surface area contributed by atoms with Crippen LogP contribution in [0, 0.1) is 13.8 Å². The van der Waals surface area contributed by atoms with Crippen molar-refractivity contribution in [3.8, 4) is 0 Å². The third-order valence-electron chi connectivity index (χ3n) is 2.45. The zero-order chi connectivity index (χ0) is 10.1. The van der Waals surface area contributed by atoms with Crippen molar-refractivity contribution in [2.75, 3.05) is 0 Å². The van der Waals surface area contributed by atoms with Gasteiger partial charge in [0.2, 0.25) is 0 Å². The summed E-state index contributed by atoms with van der Waals surface area (Å²) in [4.78, 5) is 14.8. The number of aromatic nitrogens is 1. The smallest absolute Gasteiger partial charge is 0.151 e. The molecule has 0 aliphatic rings. The monoisotopic (exact) mass is 185 g/mol. The third-order valence-corrected chi connectivity index (χ3v) is 2.45. The van der Waals surface area contributed by atoms with Crippen molar-refractivity contribution in [3.63, 3.8) is 0 Å². The Bertz CT molecular complexity index is 503. The van der Waals surface area contributed by atoms with Gasteiger partial charge in [-0.25, -0.2) is 0 Å². The van der Waals surface area contributed by atoms with E-state index in [-0.39, 0.29) is 0 Å². The van der Waals surface area contributed by atoms with Crippen LogP contribution in [0.15, 0.2) is 24.4 Å². The van der Waals surface area contributed by atoms with Crippen molar-refractivity contribution in [1.29, 1.82) is 0 Å². The van der Waals surface area contributed by atoms with E-state index in [9.17, 15) is 4.79 Å². The molecule has 0 bridgehead atoms. The zero-order valence-corrected chi connectivity index (χ0v) is 8.24. The van der Waals surface area contributed by atoms with E-state index < -0.39 is 0 Å².